The number of sulfonamides is 1. The molecule has 2 fully saturated rings. The number of carbonyl (C=O) groups excluding carboxylic acids is 1. The number of hydrogen-bond donors (Lipinski definition) is 2. The van der Waals surface area contributed by atoms with Gasteiger partial charge in [0.2, 0.25) is 15.9 Å². The second-order valence-electron chi connectivity index (χ2n) is 5.19. The van der Waals surface area contributed by atoms with E-state index in [1.807, 2.05) is 0 Å². The summed E-state index contributed by atoms with van der Waals surface area (Å²) in [6.45, 7) is 0.676. The Morgan fingerprint density at radius 3 is 2.81 bits per heavy atom. The Hall–Kier alpha value is -1.38. The first-order valence-corrected chi connectivity index (χ1v) is 8.41. The molecule has 2 atom stereocenters. The number of hydrogen-bond acceptors (Lipinski definition) is 4. The maximum atomic E-state index is 12.7. The van der Waals surface area contributed by atoms with Crippen LogP contribution >= 0.6 is 11.6 Å². The smallest absolute Gasteiger partial charge is 0.266 e. The molecule has 114 valence electrons. The lowest BCUT2D eigenvalue weighted by molar-refractivity contribution is -0.123. The fourth-order valence-corrected chi connectivity index (χ4v) is 4.86. The van der Waals surface area contributed by atoms with Crippen molar-refractivity contribution >= 4 is 27.5 Å². The van der Waals surface area contributed by atoms with Gasteiger partial charge in [-0.25, -0.2) is 8.42 Å². The molecule has 1 aromatic rings. The number of carbonyl (C=O) groups is 1. The van der Waals surface area contributed by atoms with Gasteiger partial charge < -0.3 is 10.3 Å². The summed E-state index contributed by atoms with van der Waals surface area (Å²) in [6.07, 6.45) is 2.46. The molecule has 2 aliphatic heterocycles. The van der Waals surface area contributed by atoms with Crippen LogP contribution in [-0.4, -0.2) is 42.7 Å². The number of aromatic amines is 1. The Balaban J connectivity index is 1.99. The summed E-state index contributed by atoms with van der Waals surface area (Å²) < 4.78 is 26.7. The molecular formula is C12H14ClN3O4S. The molecule has 9 heteroatoms. The van der Waals surface area contributed by atoms with Gasteiger partial charge in [0.05, 0.1) is 16.9 Å². The maximum Gasteiger partial charge on any atom is 0.266 e. The van der Waals surface area contributed by atoms with Crippen LogP contribution in [-0.2, 0) is 14.8 Å². The fraction of sp³-hybridized carbons (Fsp3) is 0.500. The highest BCUT2D eigenvalue weighted by Gasteiger charge is 2.45. The van der Waals surface area contributed by atoms with Gasteiger partial charge in [0, 0.05) is 19.3 Å². The Morgan fingerprint density at radius 1 is 1.33 bits per heavy atom. The van der Waals surface area contributed by atoms with E-state index < -0.39 is 15.6 Å². The van der Waals surface area contributed by atoms with Gasteiger partial charge in [-0.1, -0.05) is 11.6 Å². The molecule has 7 nitrogen and oxygen atoms in total. The lowest BCUT2D eigenvalue weighted by atomic mass is 9.93. The van der Waals surface area contributed by atoms with Gasteiger partial charge in [-0.05, 0) is 18.9 Å². The van der Waals surface area contributed by atoms with E-state index in [1.165, 1.54) is 4.31 Å². The number of nitrogens with zero attached hydrogens (tertiary/aromatic N) is 1. The molecule has 0 spiro atoms. The van der Waals surface area contributed by atoms with Crippen LogP contribution in [0.4, 0.5) is 0 Å². The van der Waals surface area contributed by atoms with Gasteiger partial charge in [0.25, 0.3) is 5.56 Å². The molecule has 0 bridgehead atoms. The summed E-state index contributed by atoms with van der Waals surface area (Å²) in [7, 11) is -3.79. The largest absolute Gasteiger partial charge is 0.354 e. The van der Waals surface area contributed by atoms with Gasteiger partial charge in [-0.2, -0.15) is 4.31 Å². The van der Waals surface area contributed by atoms with Crippen molar-refractivity contribution in [3.63, 3.8) is 0 Å². The van der Waals surface area contributed by atoms with E-state index in [9.17, 15) is 18.0 Å². The molecule has 1 amide bonds. The number of amides is 1. The number of H-pyrrole nitrogens is 1. The van der Waals surface area contributed by atoms with E-state index >= 15 is 0 Å². The van der Waals surface area contributed by atoms with Crippen molar-refractivity contribution in [1.29, 1.82) is 0 Å². The van der Waals surface area contributed by atoms with Crippen molar-refractivity contribution in [3.8, 4) is 0 Å². The van der Waals surface area contributed by atoms with Crippen LogP contribution in [0, 0.1) is 5.92 Å². The van der Waals surface area contributed by atoms with Gasteiger partial charge in [0.1, 0.15) is 5.02 Å². The molecule has 0 aromatic carbocycles. The summed E-state index contributed by atoms with van der Waals surface area (Å²) in [5, 5.41) is 2.53. The Morgan fingerprint density at radius 2 is 2.10 bits per heavy atom. The molecule has 0 aliphatic carbocycles. The van der Waals surface area contributed by atoms with Gasteiger partial charge in [-0.15, -0.1) is 0 Å². The number of halogens is 1. The van der Waals surface area contributed by atoms with Crippen LogP contribution in [0.15, 0.2) is 22.0 Å². The monoisotopic (exact) mass is 331 g/mol. The lowest BCUT2D eigenvalue weighted by Gasteiger charge is -2.34. The van der Waals surface area contributed by atoms with Crippen LogP contribution in [0.1, 0.15) is 12.8 Å². The molecule has 2 N–H and O–H groups in total. The molecule has 2 saturated heterocycles. The van der Waals surface area contributed by atoms with E-state index in [-0.39, 0.29) is 27.8 Å². The van der Waals surface area contributed by atoms with E-state index in [2.05, 4.69) is 10.3 Å². The molecule has 21 heavy (non-hydrogen) atoms. The quantitative estimate of drug-likeness (QED) is 0.792. The third kappa shape index (κ3) is 2.37. The molecule has 1 aromatic heterocycles. The fourth-order valence-electron chi connectivity index (χ4n) is 2.93. The van der Waals surface area contributed by atoms with Gasteiger partial charge in [0.15, 0.2) is 0 Å². The zero-order chi connectivity index (χ0) is 15.2. The first-order valence-electron chi connectivity index (χ1n) is 6.59. The van der Waals surface area contributed by atoms with Crippen molar-refractivity contribution in [2.75, 3.05) is 13.1 Å². The number of nitrogens with one attached hydrogen (secondary N) is 2. The number of rotatable bonds is 2. The lowest BCUT2D eigenvalue weighted by Crippen LogP contribution is -2.48. The van der Waals surface area contributed by atoms with Gasteiger partial charge in [-0.3, -0.25) is 9.59 Å². The molecule has 0 saturated carbocycles. The standard InChI is InChI=1S/C12H14ClN3O4S/c13-9-4-7(5-14-12(9)18)21(19,20)16-3-1-2-8-10(16)6-15-11(8)17/h4-5,8,10H,1-3,6H2,(H,14,18)(H,15,17). The molecule has 2 aliphatic rings. The summed E-state index contributed by atoms with van der Waals surface area (Å²) >= 11 is 5.70. The summed E-state index contributed by atoms with van der Waals surface area (Å²) in [5.74, 6) is -0.397. The first kappa shape index (κ1) is 14.6. The average Bonchev–Trinajstić information content (AvgIpc) is 2.83. The number of piperidine rings is 1. The van der Waals surface area contributed by atoms with Crippen LogP contribution in [0.2, 0.25) is 5.02 Å². The van der Waals surface area contributed by atoms with E-state index in [0.717, 1.165) is 12.3 Å². The van der Waals surface area contributed by atoms with Crippen molar-refractivity contribution in [1.82, 2.24) is 14.6 Å². The van der Waals surface area contributed by atoms with Crippen LogP contribution in [0.5, 0.6) is 0 Å². The van der Waals surface area contributed by atoms with Crippen molar-refractivity contribution in [2.24, 2.45) is 5.92 Å². The van der Waals surface area contributed by atoms with Crippen molar-refractivity contribution in [2.45, 2.75) is 23.8 Å². The molecule has 3 rings (SSSR count). The minimum atomic E-state index is -3.79. The Kier molecular flexibility index (Phi) is 3.54. The van der Waals surface area contributed by atoms with E-state index in [4.69, 9.17) is 11.6 Å². The van der Waals surface area contributed by atoms with Crippen LogP contribution in [0.3, 0.4) is 0 Å². The van der Waals surface area contributed by atoms with E-state index in [1.54, 1.807) is 0 Å². The number of aromatic nitrogens is 1. The van der Waals surface area contributed by atoms with Crippen molar-refractivity contribution in [3.05, 3.63) is 27.6 Å². The molecule has 0 radical (unpaired) electrons. The molecule has 2 unspecified atom stereocenters. The number of pyridine rings is 1. The van der Waals surface area contributed by atoms with Crippen LogP contribution < -0.4 is 10.9 Å². The van der Waals surface area contributed by atoms with Crippen molar-refractivity contribution < 1.29 is 13.2 Å². The minimum absolute atomic E-state index is 0.0629. The number of fused-ring (bicyclic) bond motifs is 1. The third-order valence-electron chi connectivity index (χ3n) is 3.99. The SMILES string of the molecule is O=C1NCC2C1CCCN2S(=O)(=O)c1c[nH]c(=O)c(Cl)c1. The predicted octanol–water partition coefficient (Wildman–Crippen LogP) is -0.0726. The van der Waals surface area contributed by atoms with E-state index in [0.29, 0.717) is 25.9 Å². The Labute approximate surface area is 126 Å². The zero-order valence-electron chi connectivity index (χ0n) is 11.0. The molecule has 3 heterocycles. The highest BCUT2D eigenvalue weighted by atomic mass is 35.5. The predicted molar refractivity (Wildman–Crippen MR) is 75.5 cm³/mol. The topological polar surface area (TPSA) is 99.3 Å². The summed E-state index contributed by atoms with van der Waals surface area (Å²) in [5.41, 5.74) is -0.537. The highest BCUT2D eigenvalue weighted by molar-refractivity contribution is 7.89. The maximum absolute atomic E-state index is 12.7. The highest BCUT2D eigenvalue weighted by Crippen LogP contribution is 2.31. The van der Waals surface area contributed by atoms with Gasteiger partial charge >= 0.3 is 0 Å². The second kappa shape index (κ2) is 5.11. The second-order valence-corrected chi connectivity index (χ2v) is 7.49. The van der Waals surface area contributed by atoms with Crippen LogP contribution in [0.25, 0.3) is 0 Å². The first-order chi connectivity index (χ1) is 9.91. The average molecular weight is 332 g/mol. The molecular weight excluding hydrogens is 318 g/mol. The summed E-state index contributed by atoms with van der Waals surface area (Å²) in [4.78, 5) is 25.2. The summed E-state index contributed by atoms with van der Waals surface area (Å²) in [6, 6.07) is 0.769. The third-order valence-corrected chi connectivity index (χ3v) is 6.17. The minimum Gasteiger partial charge on any atom is -0.354 e. The zero-order valence-corrected chi connectivity index (χ0v) is 12.6. The normalized spacial score (nSPS) is 26.4. The Bertz CT molecular complexity index is 745.